The van der Waals surface area contributed by atoms with Crippen molar-refractivity contribution in [1.29, 1.82) is 0 Å². The van der Waals surface area contributed by atoms with Crippen LogP contribution in [0.2, 0.25) is 0 Å². The van der Waals surface area contributed by atoms with Gasteiger partial charge in [0.25, 0.3) is 0 Å². The smallest absolute Gasteiger partial charge is 0.240 e. The summed E-state index contributed by atoms with van der Waals surface area (Å²) in [7, 11) is -5.89. The number of sulfonamides is 2. The van der Waals surface area contributed by atoms with Gasteiger partial charge in [0, 0.05) is 13.2 Å². The highest BCUT2D eigenvalue weighted by atomic mass is 32.2. The normalized spacial score (nSPS) is 23.3. The number of rotatable bonds is 5. The Morgan fingerprint density at radius 3 is 2.05 bits per heavy atom. The molecule has 0 saturated heterocycles. The largest absolute Gasteiger partial charge is 0.381 e. The lowest BCUT2D eigenvalue weighted by atomic mass is 9.90. The van der Waals surface area contributed by atoms with Crippen molar-refractivity contribution < 1.29 is 21.6 Å². The summed E-state index contributed by atoms with van der Waals surface area (Å²) in [4.78, 5) is -0.120. The number of benzene rings is 1. The zero-order chi connectivity index (χ0) is 15.0. The number of primary sulfonamides is 1. The van der Waals surface area contributed by atoms with Gasteiger partial charge in [-0.25, -0.2) is 26.7 Å². The van der Waals surface area contributed by atoms with E-state index in [1.165, 1.54) is 24.3 Å². The molecule has 0 unspecified atom stereocenters. The molecular formula is C11H16N2O5S2. The van der Waals surface area contributed by atoms with Crippen molar-refractivity contribution >= 4 is 20.0 Å². The third-order valence-corrected chi connectivity index (χ3v) is 5.68. The minimum atomic E-state index is -3.82. The van der Waals surface area contributed by atoms with E-state index in [4.69, 9.17) is 9.88 Å². The first kappa shape index (κ1) is 15.4. The lowest BCUT2D eigenvalue weighted by Gasteiger charge is -2.34. The van der Waals surface area contributed by atoms with Crippen LogP contribution in [0.3, 0.4) is 0 Å². The van der Waals surface area contributed by atoms with Gasteiger partial charge < -0.3 is 4.74 Å². The molecule has 1 fully saturated rings. The summed E-state index contributed by atoms with van der Waals surface area (Å²) in [6.45, 7) is 0. The van der Waals surface area contributed by atoms with E-state index in [0.717, 1.165) is 0 Å². The van der Waals surface area contributed by atoms with Gasteiger partial charge in [-0.05, 0) is 37.1 Å². The number of methoxy groups -OCH3 is 1. The standard InChI is InChI=1S/C11H16N2O5S2/c1-18-9-6-8(7-9)13-20(16,17)11-4-2-10(3-5-11)19(12,14)15/h2-5,8-9,13H,6-7H2,1H3,(H2,12,14,15). The van der Waals surface area contributed by atoms with Crippen molar-refractivity contribution in [3.8, 4) is 0 Å². The highest BCUT2D eigenvalue weighted by Gasteiger charge is 2.32. The predicted molar refractivity (Wildman–Crippen MR) is 72.0 cm³/mol. The second-order valence-electron chi connectivity index (χ2n) is 4.66. The molecule has 1 saturated carbocycles. The third kappa shape index (κ3) is 3.36. The molecule has 1 aliphatic rings. The third-order valence-electron chi connectivity index (χ3n) is 3.21. The Morgan fingerprint density at radius 2 is 1.60 bits per heavy atom. The summed E-state index contributed by atoms with van der Waals surface area (Å²) >= 11 is 0. The molecule has 1 aromatic carbocycles. The van der Waals surface area contributed by atoms with Gasteiger partial charge in [0.15, 0.2) is 0 Å². The molecular weight excluding hydrogens is 304 g/mol. The van der Waals surface area contributed by atoms with Gasteiger partial charge in [-0.2, -0.15) is 0 Å². The molecule has 1 aliphatic carbocycles. The first-order valence-corrected chi connectivity index (χ1v) is 8.93. The molecule has 0 heterocycles. The summed E-state index contributed by atoms with van der Waals surface area (Å²) in [5, 5.41) is 4.95. The first-order valence-electron chi connectivity index (χ1n) is 5.90. The minimum absolute atomic E-state index is 0.00534. The maximum atomic E-state index is 12.1. The van der Waals surface area contributed by atoms with Gasteiger partial charge in [0.1, 0.15) is 0 Å². The van der Waals surface area contributed by atoms with Crippen molar-refractivity contribution in [3.05, 3.63) is 24.3 Å². The zero-order valence-corrected chi connectivity index (χ0v) is 12.4. The molecule has 20 heavy (non-hydrogen) atoms. The number of nitrogens with two attached hydrogens (primary N) is 1. The highest BCUT2D eigenvalue weighted by molar-refractivity contribution is 7.89. The molecule has 0 bridgehead atoms. The topological polar surface area (TPSA) is 116 Å². The number of hydrogen-bond acceptors (Lipinski definition) is 5. The molecule has 1 aromatic rings. The van der Waals surface area contributed by atoms with E-state index in [-0.39, 0.29) is 21.9 Å². The van der Waals surface area contributed by atoms with Crippen molar-refractivity contribution in [2.45, 2.75) is 34.8 Å². The quantitative estimate of drug-likeness (QED) is 0.779. The second kappa shape index (κ2) is 5.41. The second-order valence-corrected chi connectivity index (χ2v) is 7.94. The van der Waals surface area contributed by atoms with Crippen LogP contribution in [0.5, 0.6) is 0 Å². The summed E-state index contributed by atoms with van der Waals surface area (Å²) in [5.41, 5.74) is 0. The Morgan fingerprint density at radius 1 is 1.10 bits per heavy atom. The summed E-state index contributed by atoms with van der Waals surface area (Å²) < 4.78 is 53.9. The molecule has 2 rings (SSSR count). The van der Waals surface area contributed by atoms with Gasteiger partial charge in [-0.1, -0.05) is 0 Å². The SMILES string of the molecule is COC1CC(NS(=O)(=O)c2ccc(S(N)(=O)=O)cc2)C1. The zero-order valence-electron chi connectivity index (χ0n) is 10.8. The fraction of sp³-hybridized carbons (Fsp3) is 0.455. The van der Waals surface area contributed by atoms with Crippen molar-refractivity contribution in [2.75, 3.05) is 7.11 Å². The van der Waals surface area contributed by atoms with Gasteiger partial charge in [0.2, 0.25) is 20.0 Å². The van der Waals surface area contributed by atoms with Crippen LogP contribution < -0.4 is 9.86 Å². The van der Waals surface area contributed by atoms with Crippen molar-refractivity contribution in [2.24, 2.45) is 5.14 Å². The molecule has 3 N–H and O–H groups in total. The molecule has 0 amide bonds. The number of hydrogen-bond donors (Lipinski definition) is 2. The van der Waals surface area contributed by atoms with Crippen LogP contribution >= 0.6 is 0 Å². The minimum Gasteiger partial charge on any atom is -0.381 e. The maximum absolute atomic E-state index is 12.1. The molecule has 9 heteroatoms. The van der Waals surface area contributed by atoms with Crippen LogP contribution in [0, 0.1) is 0 Å². The fourth-order valence-corrected chi connectivity index (χ4v) is 3.73. The van der Waals surface area contributed by atoms with Gasteiger partial charge >= 0.3 is 0 Å². The first-order chi connectivity index (χ1) is 9.22. The van der Waals surface area contributed by atoms with E-state index in [2.05, 4.69) is 4.72 Å². The van der Waals surface area contributed by atoms with Crippen LogP contribution in [0.4, 0.5) is 0 Å². The van der Waals surface area contributed by atoms with Gasteiger partial charge in [-0.15, -0.1) is 0 Å². The van der Waals surface area contributed by atoms with Crippen molar-refractivity contribution in [1.82, 2.24) is 4.72 Å². The summed E-state index contributed by atoms with van der Waals surface area (Å²) in [6, 6.07) is 4.62. The van der Waals surface area contributed by atoms with Crippen LogP contribution in [0.15, 0.2) is 34.1 Å². The van der Waals surface area contributed by atoms with Crippen molar-refractivity contribution in [3.63, 3.8) is 0 Å². The van der Waals surface area contributed by atoms with E-state index < -0.39 is 20.0 Å². The molecule has 0 aliphatic heterocycles. The van der Waals surface area contributed by atoms with Crippen LogP contribution in [0.1, 0.15) is 12.8 Å². The number of nitrogens with one attached hydrogen (secondary N) is 1. The number of ether oxygens (including phenoxy) is 1. The molecule has 0 radical (unpaired) electrons. The van der Waals surface area contributed by atoms with E-state index in [1.54, 1.807) is 7.11 Å². The summed E-state index contributed by atoms with van der Waals surface area (Å²) in [5.74, 6) is 0. The monoisotopic (exact) mass is 320 g/mol. The van der Waals surface area contributed by atoms with Crippen LogP contribution in [-0.2, 0) is 24.8 Å². The lowest BCUT2D eigenvalue weighted by molar-refractivity contribution is 0.0236. The average Bonchev–Trinajstić information content (AvgIpc) is 2.32. The van der Waals surface area contributed by atoms with E-state index in [1.807, 2.05) is 0 Å². The Kier molecular flexibility index (Phi) is 4.17. The van der Waals surface area contributed by atoms with E-state index in [9.17, 15) is 16.8 Å². The van der Waals surface area contributed by atoms with Gasteiger partial charge in [0.05, 0.1) is 15.9 Å². The molecule has 112 valence electrons. The Bertz CT molecular complexity index is 676. The van der Waals surface area contributed by atoms with E-state index in [0.29, 0.717) is 12.8 Å². The Labute approximate surface area is 118 Å². The van der Waals surface area contributed by atoms with Crippen LogP contribution in [0.25, 0.3) is 0 Å². The fourth-order valence-electron chi connectivity index (χ4n) is 1.95. The lowest BCUT2D eigenvalue weighted by Crippen LogP contribution is -2.47. The maximum Gasteiger partial charge on any atom is 0.240 e. The average molecular weight is 320 g/mol. The van der Waals surface area contributed by atoms with Crippen LogP contribution in [-0.4, -0.2) is 36.1 Å². The summed E-state index contributed by atoms with van der Waals surface area (Å²) in [6.07, 6.45) is 1.35. The molecule has 0 spiro atoms. The van der Waals surface area contributed by atoms with Gasteiger partial charge in [-0.3, -0.25) is 0 Å². The van der Waals surface area contributed by atoms with E-state index >= 15 is 0 Å². The Hall–Kier alpha value is -1.00. The molecule has 0 atom stereocenters. The molecule has 7 nitrogen and oxygen atoms in total. The Balaban J connectivity index is 2.10. The highest BCUT2D eigenvalue weighted by Crippen LogP contribution is 2.24. The predicted octanol–water partition coefficient (Wildman–Crippen LogP) is -0.210. The molecule has 0 aromatic heterocycles.